The molecule has 8 nitrogen and oxygen atoms in total. The molecule has 3 aromatic rings. The molecule has 0 aliphatic heterocycles. The quantitative estimate of drug-likeness (QED) is 0.634. The fourth-order valence-corrected chi connectivity index (χ4v) is 2.49. The van der Waals surface area contributed by atoms with Crippen LogP contribution in [0, 0.1) is 0 Å². The number of fused-ring (bicyclic) bond motifs is 1. The molecular formula is C17H17N3O5. The van der Waals surface area contributed by atoms with Crippen LogP contribution < -0.4 is 9.47 Å². The van der Waals surface area contributed by atoms with Gasteiger partial charge < -0.3 is 24.3 Å². The summed E-state index contributed by atoms with van der Waals surface area (Å²) in [5, 5.41) is 9.26. The minimum atomic E-state index is -1.05. The number of aromatic amines is 1. The zero-order valence-corrected chi connectivity index (χ0v) is 13.8. The van der Waals surface area contributed by atoms with E-state index in [4.69, 9.17) is 14.2 Å². The molecule has 0 amide bonds. The monoisotopic (exact) mass is 343 g/mol. The van der Waals surface area contributed by atoms with Crippen LogP contribution in [0.3, 0.4) is 0 Å². The SMILES string of the molecule is COCCOc1cc(OC)ccc1-c1ncnc2c(C(=O)O)c[nH]c12. The summed E-state index contributed by atoms with van der Waals surface area (Å²) in [4.78, 5) is 22.6. The van der Waals surface area contributed by atoms with Crippen LogP contribution in [-0.4, -0.2) is 53.5 Å². The van der Waals surface area contributed by atoms with Crippen LogP contribution in [-0.2, 0) is 4.74 Å². The summed E-state index contributed by atoms with van der Waals surface area (Å²) in [5.74, 6) is 0.143. The first-order valence-corrected chi connectivity index (χ1v) is 7.51. The van der Waals surface area contributed by atoms with E-state index in [1.54, 1.807) is 26.4 Å². The number of carboxylic acid groups (broad SMARTS) is 1. The van der Waals surface area contributed by atoms with Gasteiger partial charge in [-0.2, -0.15) is 0 Å². The number of rotatable bonds is 7. The lowest BCUT2D eigenvalue weighted by molar-refractivity contribution is 0.0699. The maximum absolute atomic E-state index is 11.3. The number of hydrogen-bond donors (Lipinski definition) is 2. The van der Waals surface area contributed by atoms with E-state index >= 15 is 0 Å². The van der Waals surface area contributed by atoms with Crippen molar-refractivity contribution in [2.45, 2.75) is 0 Å². The zero-order chi connectivity index (χ0) is 17.8. The Morgan fingerprint density at radius 2 is 2.08 bits per heavy atom. The largest absolute Gasteiger partial charge is 0.497 e. The Labute approximate surface area is 143 Å². The summed E-state index contributed by atoms with van der Waals surface area (Å²) < 4.78 is 16.0. The van der Waals surface area contributed by atoms with Crippen molar-refractivity contribution in [1.29, 1.82) is 0 Å². The number of nitrogens with one attached hydrogen (secondary N) is 1. The Morgan fingerprint density at radius 1 is 1.24 bits per heavy atom. The highest BCUT2D eigenvalue weighted by molar-refractivity contribution is 6.04. The molecule has 0 fully saturated rings. The highest BCUT2D eigenvalue weighted by atomic mass is 16.5. The predicted molar refractivity (Wildman–Crippen MR) is 90.2 cm³/mol. The molecule has 1 aromatic carbocycles. The minimum Gasteiger partial charge on any atom is -0.497 e. The number of carboxylic acids is 1. The number of H-pyrrole nitrogens is 1. The number of aromatic carboxylic acids is 1. The Balaban J connectivity index is 2.12. The van der Waals surface area contributed by atoms with E-state index < -0.39 is 5.97 Å². The summed E-state index contributed by atoms with van der Waals surface area (Å²) in [6, 6.07) is 5.34. The van der Waals surface area contributed by atoms with Gasteiger partial charge in [0.25, 0.3) is 0 Å². The van der Waals surface area contributed by atoms with E-state index in [2.05, 4.69) is 15.0 Å². The average Bonchev–Trinajstić information content (AvgIpc) is 3.06. The number of hydrogen-bond acceptors (Lipinski definition) is 6. The Bertz CT molecular complexity index is 906. The van der Waals surface area contributed by atoms with E-state index in [1.165, 1.54) is 12.5 Å². The van der Waals surface area contributed by atoms with Gasteiger partial charge in [0.15, 0.2) is 0 Å². The first kappa shape index (κ1) is 16.7. The highest BCUT2D eigenvalue weighted by Gasteiger charge is 2.18. The van der Waals surface area contributed by atoms with Crippen molar-refractivity contribution >= 4 is 17.0 Å². The molecule has 130 valence electrons. The van der Waals surface area contributed by atoms with Crippen molar-refractivity contribution in [3.05, 3.63) is 36.3 Å². The Kier molecular flexibility index (Phi) is 4.80. The predicted octanol–water partition coefficient (Wildman–Crippen LogP) is 2.36. The van der Waals surface area contributed by atoms with Crippen molar-refractivity contribution in [3.8, 4) is 22.8 Å². The van der Waals surface area contributed by atoms with Crippen molar-refractivity contribution in [2.75, 3.05) is 27.4 Å². The third-order valence-corrected chi connectivity index (χ3v) is 3.68. The van der Waals surface area contributed by atoms with Gasteiger partial charge in [-0.3, -0.25) is 0 Å². The minimum absolute atomic E-state index is 0.0917. The summed E-state index contributed by atoms with van der Waals surface area (Å²) in [5.41, 5.74) is 2.21. The number of carbonyl (C=O) groups is 1. The molecule has 0 atom stereocenters. The van der Waals surface area contributed by atoms with Gasteiger partial charge in [-0.1, -0.05) is 0 Å². The molecule has 2 aromatic heterocycles. The first-order chi connectivity index (χ1) is 12.2. The first-order valence-electron chi connectivity index (χ1n) is 7.51. The summed E-state index contributed by atoms with van der Waals surface area (Å²) in [6.45, 7) is 0.789. The summed E-state index contributed by atoms with van der Waals surface area (Å²) in [6.07, 6.45) is 2.74. The van der Waals surface area contributed by atoms with Gasteiger partial charge in [-0.05, 0) is 12.1 Å². The van der Waals surface area contributed by atoms with Crippen LogP contribution in [0.25, 0.3) is 22.3 Å². The summed E-state index contributed by atoms with van der Waals surface area (Å²) in [7, 11) is 3.16. The number of nitrogens with zero attached hydrogens (tertiary/aromatic N) is 2. The molecule has 0 aliphatic rings. The fraction of sp³-hybridized carbons (Fsp3) is 0.235. The molecule has 0 radical (unpaired) electrons. The smallest absolute Gasteiger partial charge is 0.339 e. The van der Waals surface area contributed by atoms with E-state index in [1.807, 2.05) is 6.07 Å². The van der Waals surface area contributed by atoms with Crippen molar-refractivity contribution in [3.63, 3.8) is 0 Å². The van der Waals surface area contributed by atoms with Gasteiger partial charge in [0.05, 0.1) is 19.2 Å². The van der Waals surface area contributed by atoms with E-state index in [-0.39, 0.29) is 5.56 Å². The molecule has 0 saturated heterocycles. The van der Waals surface area contributed by atoms with Gasteiger partial charge in [-0.15, -0.1) is 0 Å². The highest BCUT2D eigenvalue weighted by Crippen LogP contribution is 2.35. The Morgan fingerprint density at radius 3 is 2.80 bits per heavy atom. The molecule has 0 unspecified atom stereocenters. The maximum Gasteiger partial charge on any atom is 0.339 e. The van der Waals surface area contributed by atoms with E-state index in [0.29, 0.717) is 47.0 Å². The molecule has 8 heteroatoms. The van der Waals surface area contributed by atoms with Crippen LogP contribution in [0.4, 0.5) is 0 Å². The number of ether oxygens (including phenoxy) is 3. The second-order valence-electron chi connectivity index (χ2n) is 5.16. The Hall–Kier alpha value is -3.13. The van der Waals surface area contributed by atoms with E-state index in [9.17, 15) is 9.90 Å². The zero-order valence-electron chi connectivity index (χ0n) is 13.8. The number of aromatic nitrogens is 3. The molecule has 25 heavy (non-hydrogen) atoms. The molecule has 0 aliphatic carbocycles. The summed E-state index contributed by atoms with van der Waals surface area (Å²) >= 11 is 0. The van der Waals surface area contributed by atoms with Gasteiger partial charge in [0, 0.05) is 24.9 Å². The van der Waals surface area contributed by atoms with Crippen LogP contribution in [0.15, 0.2) is 30.7 Å². The molecule has 0 saturated carbocycles. The van der Waals surface area contributed by atoms with E-state index in [0.717, 1.165) is 0 Å². The van der Waals surface area contributed by atoms with Gasteiger partial charge in [0.1, 0.15) is 41.2 Å². The second kappa shape index (κ2) is 7.18. The van der Waals surface area contributed by atoms with Crippen molar-refractivity contribution in [1.82, 2.24) is 15.0 Å². The number of methoxy groups -OCH3 is 2. The van der Waals surface area contributed by atoms with Crippen molar-refractivity contribution in [2.24, 2.45) is 0 Å². The average molecular weight is 343 g/mol. The molecule has 0 bridgehead atoms. The molecule has 3 rings (SSSR count). The lowest BCUT2D eigenvalue weighted by Crippen LogP contribution is -2.05. The topological polar surface area (TPSA) is 107 Å². The second-order valence-corrected chi connectivity index (χ2v) is 5.16. The maximum atomic E-state index is 11.3. The van der Waals surface area contributed by atoms with Crippen LogP contribution in [0.2, 0.25) is 0 Å². The molecule has 0 spiro atoms. The van der Waals surface area contributed by atoms with Crippen LogP contribution >= 0.6 is 0 Å². The molecule has 2 N–H and O–H groups in total. The number of benzene rings is 1. The van der Waals surface area contributed by atoms with Crippen LogP contribution in [0.1, 0.15) is 10.4 Å². The van der Waals surface area contributed by atoms with Gasteiger partial charge >= 0.3 is 5.97 Å². The van der Waals surface area contributed by atoms with Gasteiger partial charge in [-0.25, -0.2) is 14.8 Å². The molecule has 2 heterocycles. The third-order valence-electron chi connectivity index (χ3n) is 3.68. The van der Waals surface area contributed by atoms with Crippen LogP contribution in [0.5, 0.6) is 11.5 Å². The van der Waals surface area contributed by atoms with Crippen molar-refractivity contribution < 1.29 is 24.1 Å². The lowest BCUT2D eigenvalue weighted by Gasteiger charge is -2.13. The third kappa shape index (κ3) is 3.24. The normalized spacial score (nSPS) is 10.8. The molecular weight excluding hydrogens is 326 g/mol. The standard InChI is InChI=1S/C17H17N3O5/c1-23-5-6-25-13-7-10(24-2)3-4-11(13)14-16-15(20-9-19-14)12(8-18-16)17(21)22/h3-4,7-9,18H,5-6H2,1-2H3,(H,21,22). The fourth-order valence-electron chi connectivity index (χ4n) is 2.49. The lowest BCUT2D eigenvalue weighted by atomic mass is 10.1. The van der Waals surface area contributed by atoms with Gasteiger partial charge in [0.2, 0.25) is 0 Å².